The first kappa shape index (κ1) is 108. The van der Waals surface area contributed by atoms with Crippen LogP contribution in [-0.2, 0) is 62.4 Å². The summed E-state index contributed by atoms with van der Waals surface area (Å²) in [4.78, 5) is 90.3. The normalized spacial score (nSPS) is 21.9. The van der Waals surface area contributed by atoms with E-state index in [1.165, 1.54) is 112 Å². The molecule has 31 heteroatoms. The van der Waals surface area contributed by atoms with Gasteiger partial charge in [-0.05, 0) is 298 Å². The van der Waals surface area contributed by atoms with Crippen LogP contribution in [0.2, 0.25) is 0 Å². The molecule has 0 bridgehead atoms. The lowest BCUT2D eigenvalue weighted by atomic mass is 9.98. The number of amides is 2. The average Bonchev–Trinajstić information content (AvgIpc) is 1.60. The highest BCUT2D eigenvalue weighted by atomic mass is 16.6. The molecule has 5 atom stereocenters. The number of aromatic amines is 2. The number of H-pyrrole nitrogens is 2. The van der Waals surface area contributed by atoms with Crippen LogP contribution in [0.1, 0.15) is 190 Å². The second kappa shape index (κ2) is 47.3. The highest BCUT2D eigenvalue weighted by Gasteiger charge is 2.57. The second-order valence-corrected chi connectivity index (χ2v) is 46.3. The third-order valence-corrected chi connectivity index (χ3v) is 32.6. The summed E-state index contributed by atoms with van der Waals surface area (Å²) in [5, 5.41) is 6.47. The van der Waals surface area contributed by atoms with Crippen molar-refractivity contribution in [2.24, 2.45) is 32.5 Å². The van der Waals surface area contributed by atoms with Crippen molar-refractivity contribution in [2.45, 2.75) is 237 Å². The Labute approximate surface area is 885 Å². The number of hydrogen-bond donors (Lipinski definition) is 4. The molecule has 14 aliphatic rings. The van der Waals surface area contributed by atoms with Gasteiger partial charge in [0.05, 0.1) is 82.3 Å². The molecule has 3 aromatic heterocycles. The van der Waals surface area contributed by atoms with E-state index in [0.717, 1.165) is 199 Å². The third-order valence-electron chi connectivity index (χ3n) is 32.6. The van der Waals surface area contributed by atoms with Gasteiger partial charge in [0.2, 0.25) is 23.7 Å². The Morgan fingerprint density at radius 3 is 1.18 bits per heavy atom. The Morgan fingerprint density at radius 2 is 0.800 bits per heavy atom. The summed E-state index contributed by atoms with van der Waals surface area (Å²) in [6.45, 7) is 30.0. The zero-order valence-corrected chi connectivity index (χ0v) is 90.4. The maximum Gasteiger partial charge on any atom is 0.410 e. The van der Waals surface area contributed by atoms with E-state index in [0.29, 0.717) is 122 Å². The van der Waals surface area contributed by atoms with Gasteiger partial charge in [-0.3, -0.25) is 19.6 Å². The first-order valence-electron chi connectivity index (χ1n) is 54.5. The second-order valence-electron chi connectivity index (χ2n) is 46.3. The van der Waals surface area contributed by atoms with Crippen LogP contribution in [0.3, 0.4) is 0 Å². The monoisotopic (exact) mass is 2050 g/mol. The van der Waals surface area contributed by atoms with Crippen molar-refractivity contribution in [3.8, 4) is 40.4 Å². The molecule has 11 heterocycles. The summed E-state index contributed by atoms with van der Waals surface area (Å²) < 4.78 is 66.5. The number of anilines is 6. The van der Waals surface area contributed by atoms with Crippen LogP contribution in [0.15, 0.2) is 186 Å². The van der Waals surface area contributed by atoms with Gasteiger partial charge in [-0.1, -0.05) is 109 Å². The smallest absolute Gasteiger partial charge is 0.410 e. The number of para-hydroxylation sites is 5. The summed E-state index contributed by atoms with van der Waals surface area (Å²) in [6, 6.07) is 56.1. The van der Waals surface area contributed by atoms with E-state index in [1.807, 2.05) is 144 Å². The molecule has 150 heavy (non-hydrogen) atoms. The lowest BCUT2D eigenvalue weighted by Crippen LogP contribution is -2.41. The molecule has 6 aromatic carbocycles. The number of nitrogens with zero attached hydrogens (tertiary/aromatic N) is 11. The Bertz CT molecular complexity index is 5990. The van der Waals surface area contributed by atoms with Crippen molar-refractivity contribution < 1.29 is 66.4 Å². The summed E-state index contributed by atoms with van der Waals surface area (Å²) in [5.74, 6) is 10.7. The molecule has 4 N–H and O–H groups in total. The Hall–Kier alpha value is -12.3. The Balaban J connectivity index is 0.000000121. The topological polar surface area (TPSA) is 309 Å². The average molecular weight is 2060 g/mol. The van der Waals surface area contributed by atoms with E-state index in [-0.39, 0.29) is 34.8 Å². The Morgan fingerprint density at radius 1 is 0.427 bits per heavy atom. The number of alkyl carbamates (subject to hydrolysis) is 1. The van der Waals surface area contributed by atoms with Gasteiger partial charge in [0.25, 0.3) is 11.1 Å². The predicted octanol–water partition coefficient (Wildman–Crippen LogP) is 18.2. The van der Waals surface area contributed by atoms with Crippen LogP contribution >= 0.6 is 0 Å². The molecular formula is C119H159N15O16. The predicted molar refractivity (Wildman–Crippen MR) is 586 cm³/mol. The van der Waals surface area contributed by atoms with E-state index < -0.39 is 11.2 Å². The van der Waals surface area contributed by atoms with Gasteiger partial charge in [0.1, 0.15) is 69.8 Å². The molecule has 3 unspecified atom stereocenters. The maximum atomic E-state index is 12.6. The highest BCUT2D eigenvalue weighted by molar-refractivity contribution is 5.70. The standard InChI is InChI=1S/C30H36N4O4.2C22H28N4O3.C19H27NO3.C14H19NO.C12H21NO2/c1-35-25-9-7-22(8-10-25)20-38-28-18-27(33-13-15-37-16-14-33)31-29(32-28)34-21-30(11-12-30)19-24(34)17-23-5-3-4-6-26(23)36-2;2*1-28-18-5-3-2-4-16(18)12-17-14-22(6-7-22)15-26(17)21-23-19(13-20(27)24-21)25-8-10-29-11-9-25;1-18(2,3)23-17(21)20-13-19(9-10-19)12-15(20)11-14-7-5-6-8-16(14)22-4;1-16-13-5-3-2-4-11(13)8-12-9-14(6-7-14)10-15-12;1-5-6-12(7-8-12)9-13-10(14)15-11(2,3)4/h3-10,18,24H,11-17,19-21H2,1-2H3;2*2-5,13,17H,6-12,14-15H2,1H3,(H,23,24,27);5-8,15H,9-13H2,1-4H3;2-5,12,15H,6-10H2,1H3;5H,1,6-9H2,2-4H3,(H,13,14)/t;2*17-;;;/m.10.../s1. The highest BCUT2D eigenvalue weighted by Crippen LogP contribution is 2.60. The van der Waals surface area contributed by atoms with Crippen molar-refractivity contribution in [1.29, 1.82) is 0 Å². The van der Waals surface area contributed by atoms with Crippen molar-refractivity contribution in [3.05, 3.63) is 231 Å². The number of methoxy groups -OCH3 is 6. The van der Waals surface area contributed by atoms with Crippen LogP contribution in [0, 0.1) is 32.5 Å². The fourth-order valence-corrected chi connectivity index (χ4v) is 23.2. The number of likely N-dealkylation sites (tertiary alicyclic amines) is 1. The van der Waals surface area contributed by atoms with Crippen LogP contribution in [-0.4, -0.2) is 249 Å². The van der Waals surface area contributed by atoms with Gasteiger partial charge in [0, 0.05) is 127 Å². The molecule has 0 radical (unpaired) electrons. The van der Waals surface area contributed by atoms with Gasteiger partial charge in [-0.2, -0.15) is 19.9 Å². The number of benzene rings is 6. The summed E-state index contributed by atoms with van der Waals surface area (Å²) in [5.41, 5.74) is 8.60. The third kappa shape index (κ3) is 28.3. The van der Waals surface area contributed by atoms with Crippen molar-refractivity contribution in [3.63, 3.8) is 0 Å². The van der Waals surface area contributed by atoms with Crippen molar-refractivity contribution >= 4 is 47.5 Å². The van der Waals surface area contributed by atoms with E-state index in [9.17, 15) is 19.2 Å². The number of morpholine rings is 3. The lowest BCUT2D eigenvalue weighted by molar-refractivity contribution is 0.0219. The molecule has 806 valence electrons. The van der Waals surface area contributed by atoms with Crippen LogP contribution in [0.25, 0.3) is 0 Å². The zero-order valence-electron chi connectivity index (χ0n) is 90.4. The van der Waals surface area contributed by atoms with Crippen molar-refractivity contribution in [1.82, 2.24) is 45.4 Å². The van der Waals surface area contributed by atoms with Crippen LogP contribution in [0.4, 0.5) is 44.9 Å². The van der Waals surface area contributed by atoms with E-state index >= 15 is 0 Å². The van der Waals surface area contributed by atoms with Crippen LogP contribution < -0.4 is 84.3 Å². The number of ether oxygens (including phenoxy) is 12. The molecule has 31 nitrogen and oxygen atoms in total. The molecule has 2 amide bonds. The zero-order chi connectivity index (χ0) is 105. The van der Waals surface area contributed by atoms with Gasteiger partial charge < -0.3 is 102 Å². The fourth-order valence-electron chi connectivity index (χ4n) is 23.2. The number of carbonyl (C=O) groups is 2. The van der Waals surface area contributed by atoms with Crippen LogP contribution in [0.5, 0.6) is 40.4 Å². The molecular weight excluding hydrogens is 1900 g/mol. The maximum absolute atomic E-state index is 12.6. The first-order chi connectivity index (χ1) is 72.5. The summed E-state index contributed by atoms with van der Waals surface area (Å²) in [7, 11) is 10.3. The molecule has 8 saturated heterocycles. The minimum atomic E-state index is -0.453. The van der Waals surface area contributed by atoms with Gasteiger partial charge in [-0.25, -0.2) is 9.59 Å². The van der Waals surface area contributed by atoms with Gasteiger partial charge >= 0.3 is 12.2 Å². The molecule has 8 aliphatic heterocycles. The number of aromatic nitrogens is 6. The number of hydrogen-bond acceptors (Lipinski definition) is 27. The minimum Gasteiger partial charge on any atom is -0.497 e. The molecule has 9 aromatic rings. The summed E-state index contributed by atoms with van der Waals surface area (Å²) in [6.07, 6.45) is 28.1. The minimum absolute atomic E-state index is 0.0933. The summed E-state index contributed by atoms with van der Waals surface area (Å²) >= 11 is 0. The van der Waals surface area contributed by atoms with E-state index in [2.05, 4.69) is 117 Å². The number of nitrogens with one attached hydrogen (secondary N) is 4. The quantitative estimate of drug-likeness (QED) is 0.0317. The Kier molecular flexibility index (Phi) is 33.9. The first-order valence-corrected chi connectivity index (χ1v) is 54.5. The molecule has 6 aliphatic carbocycles. The molecule has 6 saturated carbocycles. The fraction of sp³-hybridized carbons (Fsp3) is 0.563. The molecule has 23 rings (SSSR count). The number of allylic oxidation sites excluding steroid dienone is 1. The van der Waals surface area contributed by atoms with E-state index in [1.54, 1.807) is 54.8 Å². The molecule has 14 fully saturated rings. The van der Waals surface area contributed by atoms with E-state index in [4.69, 9.17) is 76.8 Å². The molecule has 5 spiro atoms. The number of carbonyl (C=O) groups excluding carboxylic acids is 2. The van der Waals surface area contributed by atoms with Gasteiger partial charge in [-0.15, -0.1) is 6.58 Å². The van der Waals surface area contributed by atoms with Gasteiger partial charge in [0.15, 0.2) is 0 Å². The largest absolute Gasteiger partial charge is 0.497 e. The SMILES string of the molecule is C=CCC1(CNC(=O)OC(C)(C)C)CC1.COc1ccc(COc2cc(N3CCOCC3)nc(N3CC4(CC4)CC3Cc3ccccc3OC)n2)cc1.COc1ccccc1CC1CC2(CC2)CN1.COc1ccccc1CC1CC2(CC2)CN1C(=O)OC(C)(C)C.COc1ccccc1C[C@@H]1CC2(CC2)CN1c1nc(N2CCOCC2)cc(=O)[nH]1.COc1ccccc1C[C@H]1CC2(CC2)CN1c1nc(N2CCOCC2)cc(=O)[nH]1. The lowest BCUT2D eigenvalue weighted by Gasteiger charge is -2.30. The number of rotatable bonds is 29. The van der Waals surface area contributed by atoms with Crippen molar-refractivity contribution in [2.75, 3.05) is 190 Å².